The summed E-state index contributed by atoms with van der Waals surface area (Å²) in [4.78, 5) is 24.8. The molecule has 0 spiro atoms. The van der Waals surface area contributed by atoms with Gasteiger partial charge in [-0.25, -0.2) is 9.48 Å². The van der Waals surface area contributed by atoms with E-state index in [0.717, 1.165) is 11.4 Å². The first-order valence-corrected chi connectivity index (χ1v) is 9.54. The van der Waals surface area contributed by atoms with E-state index < -0.39 is 18.0 Å². The number of hydrogen-bond acceptors (Lipinski definition) is 6. The predicted molar refractivity (Wildman–Crippen MR) is 109 cm³/mol. The van der Waals surface area contributed by atoms with Crippen LogP contribution in [0.3, 0.4) is 0 Å². The standard InChI is InChI=1S/C22H21N3O5/c1-14-9-10-23-25(14)18-6-3-16(4-7-18)22(27)30-15(2)21(26)24-17-5-8-19-20(13-17)29-12-11-28-19/h3-10,13,15H,11-12H2,1-2H3,(H,24,26)/t15-/m0/s1. The molecule has 8 nitrogen and oxygen atoms in total. The number of carbonyl (C=O) groups excluding carboxylic acids is 2. The van der Waals surface area contributed by atoms with Crippen molar-refractivity contribution in [1.82, 2.24) is 9.78 Å². The van der Waals surface area contributed by atoms with Crippen molar-refractivity contribution in [2.45, 2.75) is 20.0 Å². The van der Waals surface area contributed by atoms with E-state index in [4.69, 9.17) is 14.2 Å². The van der Waals surface area contributed by atoms with Gasteiger partial charge in [-0.1, -0.05) is 0 Å². The molecule has 2 heterocycles. The minimum atomic E-state index is -0.973. The number of aryl methyl sites for hydroxylation is 1. The van der Waals surface area contributed by atoms with Crippen molar-refractivity contribution in [3.8, 4) is 17.2 Å². The number of fused-ring (bicyclic) bond motifs is 1. The SMILES string of the molecule is Cc1ccnn1-c1ccc(C(=O)O[C@@H](C)C(=O)Nc2ccc3c(c2)OCCO3)cc1. The molecule has 1 aromatic heterocycles. The average molecular weight is 407 g/mol. The fraction of sp³-hybridized carbons (Fsp3) is 0.227. The van der Waals surface area contributed by atoms with Gasteiger partial charge in [0.1, 0.15) is 13.2 Å². The highest BCUT2D eigenvalue weighted by Crippen LogP contribution is 2.32. The number of amides is 1. The minimum Gasteiger partial charge on any atom is -0.486 e. The van der Waals surface area contributed by atoms with E-state index in [1.807, 2.05) is 13.0 Å². The van der Waals surface area contributed by atoms with E-state index in [0.29, 0.717) is 36.0 Å². The molecular weight excluding hydrogens is 386 g/mol. The Balaban J connectivity index is 1.37. The first-order valence-electron chi connectivity index (χ1n) is 9.54. The van der Waals surface area contributed by atoms with E-state index in [2.05, 4.69) is 10.4 Å². The molecule has 0 aliphatic carbocycles. The lowest BCUT2D eigenvalue weighted by atomic mass is 10.2. The third kappa shape index (κ3) is 4.12. The summed E-state index contributed by atoms with van der Waals surface area (Å²) in [6.45, 7) is 4.41. The monoisotopic (exact) mass is 407 g/mol. The number of nitrogens with one attached hydrogen (secondary N) is 1. The van der Waals surface area contributed by atoms with Gasteiger partial charge in [0, 0.05) is 23.6 Å². The maximum absolute atomic E-state index is 12.4. The van der Waals surface area contributed by atoms with Crippen LogP contribution in [0.1, 0.15) is 23.0 Å². The summed E-state index contributed by atoms with van der Waals surface area (Å²) in [6.07, 6.45) is 0.734. The number of nitrogens with zero attached hydrogens (tertiary/aromatic N) is 2. The van der Waals surface area contributed by atoms with Crippen LogP contribution in [0.4, 0.5) is 5.69 Å². The lowest BCUT2D eigenvalue weighted by Gasteiger charge is -2.19. The quantitative estimate of drug-likeness (QED) is 0.654. The molecule has 0 unspecified atom stereocenters. The number of benzene rings is 2. The van der Waals surface area contributed by atoms with Crippen molar-refractivity contribution in [2.75, 3.05) is 18.5 Å². The highest BCUT2D eigenvalue weighted by molar-refractivity contribution is 5.97. The van der Waals surface area contributed by atoms with Crippen molar-refractivity contribution in [3.63, 3.8) is 0 Å². The number of carbonyl (C=O) groups is 2. The van der Waals surface area contributed by atoms with Crippen molar-refractivity contribution in [3.05, 3.63) is 66.0 Å². The molecule has 154 valence electrons. The molecule has 8 heteroatoms. The molecule has 0 bridgehead atoms. The van der Waals surface area contributed by atoms with E-state index in [1.165, 1.54) is 6.92 Å². The van der Waals surface area contributed by atoms with Crippen LogP contribution in [-0.2, 0) is 9.53 Å². The van der Waals surface area contributed by atoms with Crippen LogP contribution in [0.5, 0.6) is 11.5 Å². The highest BCUT2D eigenvalue weighted by atomic mass is 16.6. The Morgan fingerprint density at radius 1 is 1.07 bits per heavy atom. The third-order valence-electron chi connectivity index (χ3n) is 4.64. The third-order valence-corrected chi connectivity index (χ3v) is 4.64. The molecule has 1 aliphatic rings. The van der Waals surface area contributed by atoms with Gasteiger partial charge in [0.15, 0.2) is 17.6 Å². The van der Waals surface area contributed by atoms with Gasteiger partial charge in [-0.3, -0.25) is 4.79 Å². The lowest BCUT2D eigenvalue weighted by Crippen LogP contribution is -2.30. The fourth-order valence-electron chi connectivity index (χ4n) is 3.03. The summed E-state index contributed by atoms with van der Waals surface area (Å²) >= 11 is 0. The number of aromatic nitrogens is 2. The maximum Gasteiger partial charge on any atom is 0.338 e. The first kappa shape index (κ1) is 19.5. The zero-order valence-electron chi connectivity index (χ0n) is 16.6. The Morgan fingerprint density at radius 3 is 2.50 bits per heavy atom. The van der Waals surface area contributed by atoms with E-state index in [9.17, 15) is 9.59 Å². The van der Waals surface area contributed by atoms with Crippen LogP contribution in [0, 0.1) is 6.92 Å². The molecule has 1 atom stereocenters. The van der Waals surface area contributed by atoms with Gasteiger partial charge in [0.05, 0.1) is 11.3 Å². The van der Waals surface area contributed by atoms with Crippen LogP contribution in [-0.4, -0.2) is 41.0 Å². The summed E-state index contributed by atoms with van der Waals surface area (Å²) in [6, 6.07) is 13.8. The van der Waals surface area contributed by atoms with Gasteiger partial charge in [-0.2, -0.15) is 5.10 Å². The van der Waals surface area contributed by atoms with Gasteiger partial charge in [-0.05, 0) is 56.3 Å². The predicted octanol–water partition coefficient (Wildman–Crippen LogP) is 3.14. The molecule has 0 saturated carbocycles. The van der Waals surface area contributed by atoms with Crippen LogP contribution < -0.4 is 14.8 Å². The molecule has 1 N–H and O–H groups in total. The largest absolute Gasteiger partial charge is 0.486 e. The number of hydrogen-bond donors (Lipinski definition) is 1. The molecule has 4 rings (SSSR count). The lowest BCUT2D eigenvalue weighted by molar-refractivity contribution is -0.123. The fourth-order valence-corrected chi connectivity index (χ4v) is 3.03. The number of rotatable bonds is 5. The molecule has 2 aromatic carbocycles. The van der Waals surface area contributed by atoms with Crippen LogP contribution >= 0.6 is 0 Å². The second-order valence-corrected chi connectivity index (χ2v) is 6.83. The van der Waals surface area contributed by atoms with Gasteiger partial charge >= 0.3 is 5.97 Å². The van der Waals surface area contributed by atoms with Gasteiger partial charge < -0.3 is 19.5 Å². The Hall–Kier alpha value is -3.81. The molecule has 3 aromatic rings. The zero-order chi connectivity index (χ0) is 21.1. The topological polar surface area (TPSA) is 91.7 Å². The second-order valence-electron chi connectivity index (χ2n) is 6.83. The Kier molecular flexibility index (Phi) is 5.38. The Bertz CT molecular complexity index is 1070. The molecule has 0 fully saturated rings. The molecule has 0 radical (unpaired) electrons. The van der Waals surface area contributed by atoms with Gasteiger partial charge in [0.25, 0.3) is 5.91 Å². The van der Waals surface area contributed by atoms with Crippen LogP contribution in [0.15, 0.2) is 54.7 Å². The zero-order valence-corrected chi connectivity index (χ0v) is 16.6. The van der Waals surface area contributed by atoms with Crippen LogP contribution in [0.2, 0.25) is 0 Å². The first-order chi connectivity index (χ1) is 14.5. The molecule has 30 heavy (non-hydrogen) atoms. The van der Waals surface area contributed by atoms with Crippen molar-refractivity contribution in [1.29, 1.82) is 0 Å². The van der Waals surface area contributed by atoms with E-state index in [1.54, 1.807) is 53.3 Å². The van der Waals surface area contributed by atoms with Crippen molar-refractivity contribution < 1.29 is 23.8 Å². The molecule has 1 aliphatic heterocycles. The normalized spacial score (nSPS) is 13.4. The highest BCUT2D eigenvalue weighted by Gasteiger charge is 2.20. The average Bonchev–Trinajstić information content (AvgIpc) is 3.19. The molecule has 0 saturated heterocycles. The van der Waals surface area contributed by atoms with Crippen molar-refractivity contribution in [2.24, 2.45) is 0 Å². The molecular formula is C22H21N3O5. The minimum absolute atomic E-state index is 0.350. The summed E-state index contributed by atoms with van der Waals surface area (Å²) < 4.78 is 18.0. The van der Waals surface area contributed by atoms with Gasteiger partial charge in [0.2, 0.25) is 0 Å². The van der Waals surface area contributed by atoms with E-state index >= 15 is 0 Å². The second kappa shape index (κ2) is 8.28. The maximum atomic E-state index is 12.4. The number of ether oxygens (including phenoxy) is 3. The Morgan fingerprint density at radius 2 is 1.80 bits per heavy atom. The summed E-state index contributed by atoms with van der Waals surface area (Å²) in [5.41, 5.74) is 2.70. The smallest absolute Gasteiger partial charge is 0.338 e. The summed E-state index contributed by atoms with van der Waals surface area (Å²) in [7, 11) is 0. The molecule has 1 amide bonds. The number of anilines is 1. The number of esters is 1. The van der Waals surface area contributed by atoms with Gasteiger partial charge in [-0.15, -0.1) is 0 Å². The summed E-state index contributed by atoms with van der Waals surface area (Å²) in [5.74, 6) is 0.177. The van der Waals surface area contributed by atoms with Crippen LogP contribution in [0.25, 0.3) is 5.69 Å². The Labute approximate surface area is 173 Å². The van der Waals surface area contributed by atoms with Crippen molar-refractivity contribution >= 4 is 17.6 Å². The summed E-state index contributed by atoms with van der Waals surface area (Å²) in [5, 5.41) is 6.95. The van der Waals surface area contributed by atoms with E-state index in [-0.39, 0.29) is 0 Å².